The van der Waals surface area contributed by atoms with Crippen LogP contribution in [0.5, 0.6) is 0 Å². The van der Waals surface area contributed by atoms with E-state index in [1.165, 1.54) is 0 Å². The number of nitrogens with zero attached hydrogens (tertiary/aromatic N) is 3. The molecule has 1 aromatic heterocycles. The van der Waals surface area contributed by atoms with Gasteiger partial charge in [0.2, 0.25) is 5.91 Å². The summed E-state index contributed by atoms with van der Waals surface area (Å²) in [7, 11) is 0. The summed E-state index contributed by atoms with van der Waals surface area (Å²) in [4.78, 5) is 13.0. The predicted octanol–water partition coefficient (Wildman–Crippen LogP) is 0.120. The number of thiocarbonyl (C=S) groups is 1. The van der Waals surface area contributed by atoms with Crippen molar-refractivity contribution in [3.05, 3.63) is 18.0 Å². The second kappa shape index (κ2) is 3.98. The van der Waals surface area contributed by atoms with Crippen LogP contribution in [-0.4, -0.2) is 32.2 Å². The highest BCUT2D eigenvalue weighted by Gasteiger charge is 2.25. The zero-order valence-corrected chi connectivity index (χ0v) is 9.25. The molecule has 0 aliphatic carbocycles. The predicted molar refractivity (Wildman–Crippen MR) is 59.1 cm³/mol. The highest BCUT2D eigenvalue weighted by atomic mass is 32.1. The van der Waals surface area contributed by atoms with Gasteiger partial charge in [-0.15, -0.1) is 0 Å². The van der Waals surface area contributed by atoms with Gasteiger partial charge in [-0.3, -0.25) is 14.4 Å². The average molecular weight is 224 g/mol. The lowest BCUT2D eigenvalue weighted by Crippen LogP contribution is -2.29. The van der Waals surface area contributed by atoms with Gasteiger partial charge in [0.1, 0.15) is 0 Å². The maximum atomic E-state index is 11.4. The van der Waals surface area contributed by atoms with Crippen molar-refractivity contribution in [2.24, 2.45) is 0 Å². The van der Waals surface area contributed by atoms with Gasteiger partial charge in [0.05, 0.1) is 19.3 Å². The Bertz CT molecular complexity index is 385. The van der Waals surface area contributed by atoms with Crippen LogP contribution in [0.25, 0.3) is 0 Å². The molecular weight excluding hydrogens is 212 g/mol. The molecule has 80 valence electrons. The molecule has 0 unspecified atom stereocenters. The number of amides is 1. The fourth-order valence-corrected chi connectivity index (χ4v) is 1.70. The van der Waals surface area contributed by atoms with Crippen molar-refractivity contribution in [3.63, 3.8) is 0 Å². The standard InChI is InChI=1S/C9H12N4OS/c1-2-12-5-7(3-11-12)6-13-8(14)4-10-9(13)15/h3,5H,2,4,6H2,1H3,(H,10,15). The SMILES string of the molecule is CCn1cc(CN2C(=O)CNC2=S)cn1. The molecule has 6 heteroatoms. The maximum Gasteiger partial charge on any atom is 0.248 e. The maximum absolute atomic E-state index is 11.4. The molecule has 2 rings (SSSR count). The summed E-state index contributed by atoms with van der Waals surface area (Å²) in [5, 5.41) is 7.49. The summed E-state index contributed by atoms with van der Waals surface area (Å²) in [5.74, 6) is 0.0178. The summed E-state index contributed by atoms with van der Waals surface area (Å²) >= 11 is 5.02. The van der Waals surface area contributed by atoms with Gasteiger partial charge in [0, 0.05) is 18.3 Å². The Morgan fingerprint density at radius 3 is 3.00 bits per heavy atom. The third-order valence-corrected chi connectivity index (χ3v) is 2.65. The number of hydrogen-bond donors (Lipinski definition) is 1. The van der Waals surface area contributed by atoms with E-state index in [4.69, 9.17) is 12.2 Å². The van der Waals surface area contributed by atoms with Gasteiger partial charge < -0.3 is 5.32 Å². The molecule has 0 atom stereocenters. The highest BCUT2D eigenvalue weighted by Crippen LogP contribution is 2.07. The largest absolute Gasteiger partial charge is 0.353 e. The molecule has 1 amide bonds. The minimum atomic E-state index is 0.0178. The zero-order valence-electron chi connectivity index (χ0n) is 8.43. The molecule has 1 saturated heterocycles. The quantitative estimate of drug-likeness (QED) is 0.741. The average Bonchev–Trinajstić information content (AvgIpc) is 2.80. The van der Waals surface area contributed by atoms with Crippen LogP contribution in [0.15, 0.2) is 12.4 Å². The van der Waals surface area contributed by atoms with E-state index in [0.717, 1.165) is 12.1 Å². The van der Waals surface area contributed by atoms with Crippen molar-refractivity contribution in [1.82, 2.24) is 20.0 Å². The van der Waals surface area contributed by atoms with Crippen molar-refractivity contribution >= 4 is 23.2 Å². The van der Waals surface area contributed by atoms with Crippen LogP contribution in [-0.2, 0) is 17.9 Å². The minimum absolute atomic E-state index is 0.0178. The molecule has 1 aromatic rings. The van der Waals surface area contributed by atoms with Gasteiger partial charge in [-0.1, -0.05) is 0 Å². The number of aryl methyl sites for hydroxylation is 1. The lowest BCUT2D eigenvalue weighted by molar-refractivity contribution is -0.124. The van der Waals surface area contributed by atoms with Crippen molar-refractivity contribution in [3.8, 4) is 0 Å². The first-order chi connectivity index (χ1) is 7.20. The fraction of sp³-hybridized carbons (Fsp3) is 0.444. The first-order valence-electron chi connectivity index (χ1n) is 4.80. The zero-order chi connectivity index (χ0) is 10.8. The van der Waals surface area contributed by atoms with Crippen LogP contribution < -0.4 is 5.32 Å². The van der Waals surface area contributed by atoms with Crippen LogP contribution >= 0.6 is 12.2 Å². The van der Waals surface area contributed by atoms with E-state index < -0.39 is 0 Å². The topological polar surface area (TPSA) is 50.2 Å². The minimum Gasteiger partial charge on any atom is -0.353 e. The van der Waals surface area contributed by atoms with Crippen LogP contribution in [0.3, 0.4) is 0 Å². The lowest BCUT2D eigenvalue weighted by Gasteiger charge is -2.12. The first-order valence-corrected chi connectivity index (χ1v) is 5.21. The molecule has 0 spiro atoms. The summed E-state index contributed by atoms with van der Waals surface area (Å²) in [6.45, 7) is 3.66. The van der Waals surface area contributed by atoms with E-state index in [-0.39, 0.29) is 5.91 Å². The number of carbonyl (C=O) groups is 1. The van der Waals surface area contributed by atoms with Crippen LogP contribution in [0, 0.1) is 0 Å². The van der Waals surface area contributed by atoms with Gasteiger partial charge in [-0.25, -0.2) is 0 Å². The first kappa shape index (κ1) is 10.1. The Hall–Kier alpha value is -1.43. The highest BCUT2D eigenvalue weighted by molar-refractivity contribution is 7.80. The summed E-state index contributed by atoms with van der Waals surface area (Å²) in [6.07, 6.45) is 3.69. The van der Waals surface area contributed by atoms with Crippen LogP contribution in [0.4, 0.5) is 0 Å². The molecular formula is C9H12N4OS. The monoisotopic (exact) mass is 224 g/mol. The summed E-state index contributed by atoms with van der Waals surface area (Å²) in [5.41, 5.74) is 0.997. The Labute approximate surface area is 93.1 Å². The summed E-state index contributed by atoms with van der Waals surface area (Å²) < 4.78 is 1.83. The van der Waals surface area contributed by atoms with Gasteiger partial charge in [-0.2, -0.15) is 5.10 Å². The number of aromatic nitrogens is 2. The van der Waals surface area contributed by atoms with E-state index in [2.05, 4.69) is 10.4 Å². The molecule has 2 heterocycles. The molecule has 1 aliphatic heterocycles. The fourth-order valence-electron chi connectivity index (χ4n) is 1.46. The normalized spacial score (nSPS) is 15.9. The second-order valence-corrected chi connectivity index (χ2v) is 3.73. The van der Waals surface area contributed by atoms with E-state index in [1.54, 1.807) is 11.1 Å². The van der Waals surface area contributed by atoms with Gasteiger partial charge in [0.25, 0.3) is 0 Å². The molecule has 1 N–H and O–H groups in total. The van der Waals surface area contributed by atoms with Crippen LogP contribution in [0.1, 0.15) is 12.5 Å². The number of carbonyl (C=O) groups excluding carboxylic acids is 1. The number of nitrogens with one attached hydrogen (secondary N) is 1. The second-order valence-electron chi connectivity index (χ2n) is 3.34. The molecule has 5 nitrogen and oxygen atoms in total. The molecule has 0 aromatic carbocycles. The smallest absolute Gasteiger partial charge is 0.248 e. The van der Waals surface area contributed by atoms with Crippen molar-refractivity contribution < 1.29 is 4.79 Å². The van der Waals surface area contributed by atoms with Crippen LogP contribution in [0.2, 0.25) is 0 Å². The van der Waals surface area contributed by atoms with Crippen molar-refractivity contribution in [1.29, 1.82) is 0 Å². The third kappa shape index (κ3) is 1.99. The van der Waals surface area contributed by atoms with Crippen molar-refractivity contribution in [2.45, 2.75) is 20.0 Å². The molecule has 0 radical (unpaired) electrons. The molecule has 1 aliphatic rings. The Balaban J connectivity index is 2.07. The van der Waals surface area contributed by atoms with E-state index in [1.807, 2.05) is 17.8 Å². The van der Waals surface area contributed by atoms with Gasteiger partial charge >= 0.3 is 0 Å². The Morgan fingerprint density at radius 1 is 1.67 bits per heavy atom. The van der Waals surface area contributed by atoms with Gasteiger partial charge in [0.15, 0.2) is 5.11 Å². The summed E-state index contributed by atoms with van der Waals surface area (Å²) in [6, 6.07) is 0. The molecule has 0 bridgehead atoms. The Kier molecular flexibility index (Phi) is 2.68. The van der Waals surface area contributed by atoms with E-state index in [9.17, 15) is 4.79 Å². The molecule has 15 heavy (non-hydrogen) atoms. The van der Waals surface area contributed by atoms with Gasteiger partial charge in [-0.05, 0) is 19.1 Å². The Morgan fingerprint density at radius 2 is 2.47 bits per heavy atom. The number of hydrogen-bond acceptors (Lipinski definition) is 3. The van der Waals surface area contributed by atoms with Crippen molar-refractivity contribution in [2.75, 3.05) is 6.54 Å². The van der Waals surface area contributed by atoms with E-state index in [0.29, 0.717) is 18.2 Å². The molecule has 0 saturated carbocycles. The lowest BCUT2D eigenvalue weighted by atomic mass is 10.3. The van der Waals surface area contributed by atoms with E-state index >= 15 is 0 Å². The molecule has 1 fully saturated rings. The third-order valence-electron chi connectivity index (χ3n) is 2.29. The number of rotatable bonds is 3.